The molecule has 4 nitrogen and oxygen atoms in total. The van der Waals surface area contributed by atoms with Crippen LogP contribution in [0.25, 0.3) is 0 Å². The summed E-state index contributed by atoms with van der Waals surface area (Å²) in [7, 11) is 3.70. The number of nitrogens with zero attached hydrogens (tertiary/aromatic N) is 2. The average Bonchev–Trinajstić information content (AvgIpc) is 2.29. The van der Waals surface area contributed by atoms with Crippen molar-refractivity contribution in [1.82, 2.24) is 15.2 Å². The minimum atomic E-state index is 0.126. The standard InChI is InChI=1S/C12H19N3O/c1-10-4-5-11(9-14-10)8-12(16)15(3)7-6-13-2/h4-5,9,13H,6-8H2,1-3H3. The highest BCUT2D eigenvalue weighted by Crippen LogP contribution is 2.02. The molecule has 1 aromatic heterocycles. The lowest BCUT2D eigenvalue weighted by atomic mass is 10.2. The van der Waals surface area contributed by atoms with E-state index < -0.39 is 0 Å². The van der Waals surface area contributed by atoms with Crippen LogP contribution in [0.1, 0.15) is 11.3 Å². The SMILES string of the molecule is CNCCN(C)C(=O)Cc1ccc(C)nc1. The normalized spacial score (nSPS) is 10.2. The number of hydrogen-bond donors (Lipinski definition) is 1. The van der Waals surface area contributed by atoms with Gasteiger partial charge in [-0.05, 0) is 25.6 Å². The van der Waals surface area contributed by atoms with Crippen LogP contribution >= 0.6 is 0 Å². The minimum absolute atomic E-state index is 0.126. The van der Waals surface area contributed by atoms with Crippen LogP contribution in [0.2, 0.25) is 0 Å². The molecule has 0 unspecified atom stereocenters. The predicted molar refractivity (Wildman–Crippen MR) is 64.2 cm³/mol. The van der Waals surface area contributed by atoms with Crippen LogP contribution in [-0.2, 0) is 11.2 Å². The van der Waals surface area contributed by atoms with E-state index in [-0.39, 0.29) is 5.91 Å². The molecule has 1 N–H and O–H groups in total. The summed E-state index contributed by atoms with van der Waals surface area (Å²) < 4.78 is 0. The maximum atomic E-state index is 11.8. The van der Waals surface area contributed by atoms with Gasteiger partial charge in [0.1, 0.15) is 0 Å². The number of carbonyl (C=O) groups is 1. The third-order valence-corrected chi connectivity index (χ3v) is 2.45. The molecule has 4 heteroatoms. The number of nitrogens with one attached hydrogen (secondary N) is 1. The number of amides is 1. The van der Waals surface area contributed by atoms with Gasteiger partial charge >= 0.3 is 0 Å². The zero-order chi connectivity index (χ0) is 12.0. The van der Waals surface area contributed by atoms with Crippen molar-refractivity contribution in [2.45, 2.75) is 13.3 Å². The molecule has 0 atom stereocenters. The monoisotopic (exact) mass is 221 g/mol. The summed E-state index contributed by atoms with van der Waals surface area (Å²) in [6, 6.07) is 3.88. The predicted octanol–water partition coefficient (Wildman–Crippen LogP) is 0.610. The van der Waals surface area contributed by atoms with Gasteiger partial charge in [0.25, 0.3) is 0 Å². The molecular weight excluding hydrogens is 202 g/mol. The van der Waals surface area contributed by atoms with E-state index in [1.54, 1.807) is 11.1 Å². The topological polar surface area (TPSA) is 45.2 Å². The molecule has 1 amide bonds. The molecule has 1 heterocycles. The Balaban J connectivity index is 2.47. The van der Waals surface area contributed by atoms with Crippen LogP contribution in [0.4, 0.5) is 0 Å². The van der Waals surface area contributed by atoms with Crippen molar-refractivity contribution in [3.05, 3.63) is 29.6 Å². The van der Waals surface area contributed by atoms with Crippen LogP contribution in [0.5, 0.6) is 0 Å². The van der Waals surface area contributed by atoms with Gasteiger partial charge in [0.15, 0.2) is 0 Å². The van der Waals surface area contributed by atoms with Gasteiger partial charge in [0.05, 0.1) is 6.42 Å². The van der Waals surface area contributed by atoms with Gasteiger partial charge in [0, 0.05) is 32.0 Å². The van der Waals surface area contributed by atoms with Crippen LogP contribution in [0.15, 0.2) is 18.3 Å². The lowest BCUT2D eigenvalue weighted by molar-refractivity contribution is -0.129. The number of hydrogen-bond acceptors (Lipinski definition) is 3. The first-order valence-corrected chi connectivity index (χ1v) is 5.43. The fourth-order valence-electron chi connectivity index (χ4n) is 1.32. The highest BCUT2D eigenvalue weighted by atomic mass is 16.2. The van der Waals surface area contributed by atoms with Gasteiger partial charge in [-0.25, -0.2) is 0 Å². The van der Waals surface area contributed by atoms with Crippen molar-refractivity contribution >= 4 is 5.91 Å². The van der Waals surface area contributed by atoms with Crippen molar-refractivity contribution in [3.63, 3.8) is 0 Å². The fourth-order valence-corrected chi connectivity index (χ4v) is 1.32. The molecule has 1 rings (SSSR count). The molecule has 0 aliphatic heterocycles. The van der Waals surface area contributed by atoms with Crippen molar-refractivity contribution < 1.29 is 4.79 Å². The van der Waals surface area contributed by atoms with E-state index in [0.29, 0.717) is 6.42 Å². The number of aromatic nitrogens is 1. The Bertz CT molecular complexity index is 335. The number of aryl methyl sites for hydroxylation is 1. The Labute approximate surface area is 96.7 Å². The van der Waals surface area contributed by atoms with Crippen LogP contribution in [0, 0.1) is 6.92 Å². The van der Waals surface area contributed by atoms with Crippen molar-refractivity contribution in [3.8, 4) is 0 Å². The lowest BCUT2D eigenvalue weighted by Gasteiger charge is -2.16. The van der Waals surface area contributed by atoms with Gasteiger partial charge < -0.3 is 10.2 Å². The highest BCUT2D eigenvalue weighted by Gasteiger charge is 2.08. The summed E-state index contributed by atoms with van der Waals surface area (Å²) in [6.45, 7) is 3.48. The Kier molecular flexibility index (Phi) is 4.92. The fraction of sp³-hybridized carbons (Fsp3) is 0.500. The first kappa shape index (κ1) is 12.6. The van der Waals surface area contributed by atoms with E-state index in [1.165, 1.54) is 0 Å². The minimum Gasteiger partial charge on any atom is -0.344 e. The average molecular weight is 221 g/mol. The molecule has 0 aliphatic carbocycles. The van der Waals surface area contributed by atoms with Gasteiger partial charge in [-0.1, -0.05) is 6.07 Å². The van der Waals surface area contributed by atoms with E-state index in [2.05, 4.69) is 10.3 Å². The van der Waals surface area contributed by atoms with Crippen LogP contribution in [-0.4, -0.2) is 43.0 Å². The van der Waals surface area contributed by atoms with E-state index >= 15 is 0 Å². The summed E-state index contributed by atoms with van der Waals surface area (Å²) in [5.74, 6) is 0.126. The second-order valence-corrected chi connectivity index (χ2v) is 3.90. The Morgan fingerprint density at radius 2 is 2.25 bits per heavy atom. The largest absolute Gasteiger partial charge is 0.344 e. The van der Waals surface area contributed by atoms with E-state index in [1.807, 2.05) is 33.2 Å². The maximum Gasteiger partial charge on any atom is 0.226 e. The van der Waals surface area contributed by atoms with Crippen molar-refractivity contribution in [2.75, 3.05) is 27.2 Å². The van der Waals surface area contributed by atoms with E-state index in [4.69, 9.17) is 0 Å². The first-order chi connectivity index (χ1) is 7.63. The number of rotatable bonds is 5. The smallest absolute Gasteiger partial charge is 0.226 e. The molecule has 0 spiro atoms. The number of likely N-dealkylation sites (N-methyl/N-ethyl adjacent to an activating group) is 2. The molecule has 0 fully saturated rings. The summed E-state index contributed by atoms with van der Waals surface area (Å²) in [4.78, 5) is 17.7. The molecule has 0 saturated heterocycles. The molecule has 1 aromatic rings. The zero-order valence-corrected chi connectivity index (χ0v) is 10.2. The van der Waals surface area contributed by atoms with Gasteiger partial charge in [-0.2, -0.15) is 0 Å². The number of carbonyl (C=O) groups excluding carboxylic acids is 1. The van der Waals surface area contributed by atoms with Gasteiger partial charge in [-0.3, -0.25) is 9.78 Å². The third-order valence-electron chi connectivity index (χ3n) is 2.45. The third kappa shape index (κ3) is 3.98. The maximum absolute atomic E-state index is 11.8. The quantitative estimate of drug-likeness (QED) is 0.792. The Hall–Kier alpha value is -1.42. The Morgan fingerprint density at radius 3 is 2.81 bits per heavy atom. The zero-order valence-electron chi connectivity index (χ0n) is 10.2. The molecule has 0 aliphatic rings. The van der Waals surface area contributed by atoms with Crippen LogP contribution < -0.4 is 5.32 Å². The molecule has 0 aromatic carbocycles. The molecule has 0 radical (unpaired) electrons. The molecule has 0 saturated carbocycles. The number of pyridine rings is 1. The van der Waals surface area contributed by atoms with E-state index in [9.17, 15) is 4.79 Å². The second-order valence-electron chi connectivity index (χ2n) is 3.90. The van der Waals surface area contributed by atoms with Crippen LogP contribution in [0.3, 0.4) is 0 Å². The first-order valence-electron chi connectivity index (χ1n) is 5.43. The molecule has 88 valence electrons. The molecule has 16 heavy (non-hydrogen) atoms. The summed E-state index contributed by atoms with van der Waals surface area (Å²) in [5.41, 5.74) is 1.94. The molecular formula is C12H19N3O. The second kappa shape index (κ2) is 6.23. The highest BCUT2D eigenvalue weighted by molar-refractivity contribution is 5.78. The Morgan fingerprint density at radius 1 is 1.50 bits per heavy atom. The van der Waals surface area contributed by atoms with Crippen molar-refractivity contribution in [2.24, 2.45) is 0 Å². The lowest BCUT2D eigenvalue weighted by Crippen LogP contribution is -2.33. The summed E-state index contributed by atoms with van der Waals surface area (Å²) in [6.07, 6.45) is 2.19. The van der Waals surface area contributed by atoms with Gasteiger partial charge in [-0.15, -0.1) is 0 Å². The summed E-state index contributed by atoms with van der Waals surface area (Å²) in [5, 5.41) is 3.02. The van der Waals surface area contributed by atoms with Gasteiger partial charge in [0.2, 0.25) is 5.91 Å². The summed E-state index contributed by atoms with van der Waals surface area (Å²) >= 11 is 0. The van der Waals surface area contributed by atoms with E-state index in [0.717, 1.165) is 24.3 Å². The molecule has 0 bridgehead atoms. The van der Waals surface area contributed by atoms with Crippen molar-refractivity contribution in [1.29, 1.82) is 0 Å².